The molecule has 32 heavy (non-hydrogen) atoms. The zero-order valence-electron chi connectivity index (χ0n) is 17.2. The van der Waals surface area contributed by atoms with E-state index in [-0.39, 0.29) is 12.2 Å². The van der Waals surface area contributed by atoms with Gasteiger partial charge in [-0.1, -0.05) is 88.7 Å². The molecule has 5 rings (SSSR count). The number of anilines is 1. The van der Waals surface area contributed by atoms with Crippen molar-refractivity contribution in [1.82, 2.24) is 0 Å². The summed E-state index contributed by atoms with van der Waals surface area (Å²) in [4.78, 5) is 28.1. The van der Waals surface area contributed by atoms with Crippen LogP contribution in [0.2, 0.25) is 0 Å². The lowest BCUT2D eigenvalue weighted by molar-refractivity contribution is -0.136. The van der Waals surface area contributed by atoms with E-state index in [0.29, 0.717) is 23.4 Å². The first-order valence-electron chi connectivity index (χ1n) is 10.4. The van der Waals surface area contributed by atoms with Crippen LogP contribution >= 0.6 is 15.9 Å². The predicted octanol–water partition coefficient (Wildman–Crippen LogP) is 5.61. The SMILES string of the molecule is O=C(CC1(O)C(=O)N(Cc2cccc3ccccc23)c2ccccc21)c1ccc(Br)cc1. The van der Waals surface area contributed by atoms with Gasteiger partial charge in [0.1, 0.15) is 0 Å². The number of nitrogens with zero attached hydrogens (tertiary/aromatic N) is 1. The molecule has 4 nitrogen and oxygen atoms in total. The number of ketones is 1. The molecule has 1 N–H and O–H groups in total. The Morgan fingerprint density at radius 3 is 2.38 bits per heavy atom. The molecule has 5 heteroatoms. The molecular formula is C27H20BrNO3. The zero-order chi connectivity index (χ0) is 22.3. The van der Waals surface area contributed by atoms with Crippen LogP contribution in [0.5, 0.6) is 0 Å². The van der Waals surface area contributed by atoms with Crippen LogP contribution in [0.1, 0.15) is 27.9 Å². The number of hydrogen-bond acceptors (Lipinski definition) is 3. The van der Waals surface area contributed by atoms with Crippen molar-refractivity contribution >= 4 is 44.1 Å². The van der Waals surface area contributed by atoms with Crippen molar-refractivity contribution in [1.29, 1.82) is 0 Å². The van der Waals surface area contributed by atoms with E-state index >= 15 is 0 Å². The van der Waals surface area contributed by atoms with Gasteiger partial charge in [-0.2, -0.15) is 0 Å². The maximum atomic E-state index is 13.6. The lowest BCUT2D eigenvalue weighted by Crippen LogP contribution is -2.41. The number of carbonyl (C=O) groups excluding carboxylic acids is 2. The third kappa shape index (κ3) is 3.44. The molecule has 1 amide bonds. The number of Topliss-reactive ketones (excluding diaryl/α,β-unsaturated/α-hetero) is 1. The standard InChI is InChI=1S/C27H20BrNO3/c28-21-14-12-19(13-15-21)25(30)16-27(32)23-10-3-4-11-24(23)29(26(27)31)17-20-8-5-7-18-6-1-2-9-22(18)20/h1-15,32H,16-17H2. The minimum Gasteiger partial charge on any atom is -0.375 e. The minimum absolute atomic E-state index is 0.282. The third-order valence-electron chi connectivity index (χ3n) is 6.03. The average molecular weight is 486 g/mol. The van der Waals surface area contributed by atoms with E-state index in [2.05, 4.69) is 15.9 Å². The van der Waals surface area contributed by atoms with Crippen molar-refractivity contribution < 1.29 is 14.7 Å². The monoisotopic (exact) mass is 485 g/mol. The normalized spacial score (nSPS) is 17.6. The number of para-hydroxylation sites is 1. The maximum Gasteiger partial charge on any atom is 0.264 e. The van der Waals surface area contributed by atoms with E-state index in [1.54, 1.807) is 41.3 Å². The molecule has 0 saturated carbocycles. The van der Waals surface area contributed by atoms with E-state index in [1.165, 1.54) is 0 Å². The Balaban J connectivity index is 1.51. The molecular weight excluding hydrogens is 466 g/mol. The molecule has 0 aromatic heterocycles. The quantitative estimate of drug-likeness (QED) is 0.373. The number of benzene rings is 4. The second kappa shape index (κ2) is 8.01. The van der Waals surface area contributed by atoms with Crippen molar-refractivity contribution in [3.63, 3.8) is 0 Å². The molecule has 4 aromatic carbocycles. The number of carbonyl (C=O) groups is 2. The summed E-state index contributed by atoms with van der Waals surface area (Å²) in [6.07, 6.45) is -0.309. The van der Waals surface area contributed by atoms with E-state index in [4.69, 9.17) is 0 Å². The molecule has 1 aliphatic heterocycles. The van der Waals surface area contributed by atoms with Crippen LogP contribution < -0.4 is 4.90 Å². The molecule has 1 heterocycles. The fraction of sp³-hybridized carbons (Fsp3) is 0.111. The van der Waals surface area contributed by atoms with E-state index in [0.717, 1.165) is 20.8 Å². The Kier molecular flexibility index (Phi) is 5.16. The largest absolute Gasteiger partial charge is 0.375 e. The first kappa shape index (κ1) is 20.6. The highest BCUT2D eigenvalue weighted by Crippen LogP contribution is 2.44. The Hall–Kier alpha value is -3.28. The Labute approximate surface area is 194 Å². The summed E-state index contributed by atoms with van der Waals surface area (Å²) >= 11 is 3.36. The molecule has 0 radical (unpaired) electrons. The van der Waals surface area contributed by atoms with Gasteiger partial charge in [0.25, 0.3) is 5.91 Å². The average Bonchev–Trinajstić information content (AvgIpc) is 3.01. The van der Waals surface area contributed by atoms with Gasteiger partial charge in [-0.25, -0.2) is 0 Å². The lowest BCUT2D eigenvalue weighted by atomic mass is 9.88. The third-order valence-corrected chi connectivity index (χ3v) is 6.56. The zero-order valence-corrected chi connectivity index (χ0v) is 18.7. The highest BCUT2D eigenvalue weighted by Gasteiger charge is 2.50. The van der Waals surface area contributed by atoms with Gasteiger partial charge < -0.3 is 10.0 Å². The highest BCUT2D eigenvalue weighted by molar-refractivity contribution is 9.10. The molecule has 1 unspecified atom stereocenters. The number of hydrogen-bond donors (Lipinski definition) is 1. The van der Waals surface area contributed by atoms with Crippen molar-refractivity contribution in [2.75, 3.05) is 4.90 Å². The molecule has 0 bridgehead atoms. The first-order valence-corrected chi connectivity index (χ1v) is 11.2. The number of fused-ring (bicyclic) bond motifs is 2. The van der Waals surface area contributed by atoms with Crippen LogP contribution in [0.15, 0.2) is 95.5 Å². The van der Waals surface area contributed by atoms with Crippen LogP contribution in [0.25, 0.3) is 10.8 Å². The second-order valence-electron chi connectivity index (χ2n) is 8.01. The molecule has 0 saturated heterocycles. The summed E-state index contributed by atoms with van der Waals surface area (Å²) in [6.45, 7) is 0.311. The topological polar surface area (TPSA) is 57.6 Å². The number of aliphatic hydroxyl groups is 1. The van der Waals surface area contributed by atoms with Gasteiger partial charge in [0.2, 0.25) is 0 Å². The lowest BCUT2D eigenvalue weighted by Gasteiger charge is -2.23. The van der Waals surface area contributed by atoms with E-state index in [1.807, 2.05) is 54.6 Å². The Morgan fingerprint density at radius 1 is 0.875 bits per heavy atom. The van der Waals surface area contributed by atoms with Crippen LogP contribution in [0, 0.1) is 0 Å². The van der Waals surface area contributed by atoms with Crippen LogP contribution in [-0.4, -0.2) is 16.8 Å². The predicted molar refractivity (Wildman–Crippen MR) is 129 cm³/mol. The van der Waals surface area contributed by atoms with Crippen molar-refractivity contribution in [2.24, 2.45) is 0 Å². The van der Waals surface area contributed by atoms with Gasteiger partial charge in [0, 0.05) is 15.6 Å². The fourth-order valence-electron chi connectivity index (χ4n) is 4.41. The van der Waals surface area contributed by atoms with Gasteiger partial charge in [-0.3, -0.25) is 9.59 Å². The summed E-state index contributed by atoms with van der Waals surface area (Å²) in [5.74, 6) is -0.757. The van der Waals surface area contributed by atoms with Crippen LogP contribution in [0.3, 0.4) is 0 Å². The van der Waals surface area contributed by atoms with Gasteiger partial charge >= 0.3 is 0 Å². The van der Waals surface area contributed by atoms with E-state index < -0.39 is 11.5 Å². The van der Waals surface area contributed by atoms with Gasteiger partial charge in [0.15, 0.2) is 11.4 Å². The van der Waals surface area contributed by atoms with Crippen LogP contribution in [0.4, 0.5) is 5.69 Å². The minimum atomic E-state index is -1.90. The highest BCUT2D eigenvalue weighted by atomic mass is 79.9. The van der Waals surface area contributed by atoms with E-state index in [9.17, 15) is 14.7 Å². The summed E-state index contributed by atoms with van der Waals surface area (Å²) in [5, 5.41) is 13.7. The maximum absolute atomic E-state index is 13.6. The van der Waals surface area contributed by atoms with Gasteiger partial charge in [-0.15, -0.1) is 0 Å². The van der Waals surface area contributed by atoms with Gasteiger partial charge in [0.05, 0.1) is 18.7 Å². The number of amides is 1. The molecule has 0 aliphatic carbocycles. The van der Waals surface area contributed by atoms with Gasteiger partial charge in [-0.05, 0) is 34.5 Å². The number of halogens is 1. The molecule has 4 aromatic rings. The summed E-state index contributed by atoms with van der Waals surface area (Å²) in [7, 11) is 0. The smallest absolute Gasteiger partial charge is 0.264 e. The summed E-state index contributed by atoms with van der Waals surface area (Å²) in [5.41, 5.74) is 0.645. The Morgan fingerprint density at radius 2 is 1.56 bits per heavy atom. The molecule has 1 atom stereocenters. The molecule has 0 fully saturated rings. The van der Waals surface area contributed by atoms with Crippen molar-refractivity contribution in [3.05, 3.63) is 112 Å². The van der Waals surface area contributed by atoms with Crippen LogP contribution in [-0.2, 0) is 16.9 Å². The molecule has 158 valence electrons. The Bertz CT molecular complexity index is 1340. The summed E-state index contributed by atoms with van der Waals surface area (Å²) < 4.78 is 0.858. The first-order chi connectivity index (χ1) is 15.5. The second-order valence-corrected chi connectivity index (χ2v) is 8.93. The van der Waals surface area contributed by atoms with Crippen molar-refractivity contribution in [3.8, 4) is 0 Å². The van der Waals surface area contributed by atoms with Crippen molar-refractivity contribution in [2.45, 2.75) is 18.6 Å². The molecule has 1 aliphatic rings. The number of rotatable bonds is 5. The summed E-state index contributed by atoms with van der Waals surface area (Å²) in [6, 6.07) is 28.1. The molecule has 0 spiro atoms. The fourth-order valence-corrected chi connectivity index (χ4v) is 4.67.